The van der Waals surface area contributed by atoms with Crippen molar-refractivity contribution in [3.8, 4) is 0 Å². The zero-order chi connectivity index (χ0) is 20.3. The third-order valence-corrected chi connectivity index (χ3v) is 4.16. The maximum atomic E-state index is 13.4. The minimum Gasteiger partial charge on any atom is -0.354 e. The molecule has 28 heavy (non-hydrogen) atoms. The number of imidazole rings is 1. The summed E-state index contributed by atoms with van der Waals surface area (Å²) in [5.74, 6) is -5.83. The second kappa shape index (κ2) is 8.11. The van der Waals surface area contributed by atoms with E-state index < -0.39 is 41.1 Å². The van der Waals surface area contributed by atoms with Gasteiger partial charge in [0, 0.05) is 44.0 Å². The van der Waals surface area contributed by atoms with E-state index in [4.69, 9.17) is 0 Å². The molecule has 4 amide bonds. The molecule has 1 aromatic heterocycles. The molecule has 0 radical (unpaired) electrons. The van der Waals surface area contributed by atoms with Crippen molar-refractivity contribution in [2.45, 2.75) is 25.4 Å². The van der Waals surface area contributed by atoms with Crippen LogP contribution in [-0.2, 0) is 16.1 Å². The van der Waals surface area contributed by atoms with Crippen LogP contribution in [0.4, 0.5) is 23.7 Å². The largest absolute Gasteiger partial charge is 0.354 e. The van der Waals surface area contributed by atoms with E-state index in [0.717, 1.165) is 0 Å². The maximum Gasteiger partial charge on any atom is 0.329 e. The van der Waals surface area contributed by atoms with Gasteiger partial charge < -0.3 is 15.2 Å². The molecule has 3 rings (SSSR count). The number of urea groups is 1. The molecule has 2 aromatic rings. The SMILES string of the molecule is O=C(CC[C@H]1NC(=O)N(c2cc(F)c(F)c(F)c2)C1=O)NCCn1ccnc1. The van der Waals surface area contributed by atoms with Crippen molar-refractivity contribution < 1.29 is 27.6 Å². The highest BCUT2D eigenvalue weighted by Crippen LogP contribution is 2.25. The first-order chi connectivity index (χ1) is 13.4. The van der Waals surface area contributed by atoms with Crippen LogP contribution in [0, 0.1) is 17.5 Å². The van der Waals surface area contributed by atoms with Gasteiger partial charge >= 0.3 is 6.03 Å². The van der Waals surface area contributed by atoms with Crippen molar-refractivity contribution in [2.75, 3.05) is 11.4 Å². The van der Waals surface area contributed by atoms with Crippen molar-refractivity contribution in [3.63, 3.8) is 0 Å². The summed E-state index contributed by atoms with van der Waals surface area (Å²) in [4.78, 5) is 40.6. The van der Waals surface area contributed by atoms with E-state index in [1.807, 2.05) is 0 Å². The molecule has 1 aromatic carbocycles. The Hall–Kier alpha value is -3.37. The van der Waals surface area contributed by atoms with Gasteiger partial charge in [-0.25, -0.2) is 27.8 Å². The average Bonchev–Trinajstić information content (AvgIpc) is 3.25. The molecule has 0 saturated carbocycles. The molecule has 8 nitrogen and oxygen atoms in total. The highest BCUT2D eigenvalue weighted by molar-refractivity contribution is 6.21. The number of nitrogens with one attached hydrogen (secondary N) is 2. The summed E-state index contributed by atoms with van der Waals surface area (Å²) >= 11 is 0. The first-order valence-corrected chi connectivity index (χ1v) is 8.38. The second-order valence-electron chi connectivity index (χ2n) is 6.09. The molecule has 1 fully saturated rings. The number of carbonyl (C=O) groups excluding carboxylic acids is 3. The molecular weight excluding hydrogens is 379 g/mol. The Morgan fingerprint density at radius 3 is 2.57 bits per heavy atom. The minimum atomic E-state index is -1.69. The van der Waals surface area contributed by atoms with Crippen LogP contribution in [0.2, 0.25) is 0 Å². The Morgan fingerprint density at radius 2 is 1.93 bits per heavy atom. The van der Waals surface area contributed by atoms with Crippen molar-refractivity contribution in [3.05, 3.63) is 48.3 Å². The average molecular weight is 395 g/mol. The van der Waals surface area contributed by atoms with Gasteiger partial charge in [-0.3, -0.25) is 9.59 Å². The van der Waals surface area contributed by atoms with Gasteiger partial charge in [-0.1, -0.05) is 0 Å². The van der Waals surface area contributed by atoms with E-state index in [2.05, 4.69) is 15.6 Å². The van der Waals surface area contributed by atoms with Crippen LogP contribution in [0.25, 0.3) is 0 Å². The van der Waals surface area contributed by atoms with Gasteiger partial charge in [0.25, 0.3) is 5.91 Å². The Kier molecular flexibility index (Phi) is 5.62. The number of hydrogen-bond acceptors (Lipinski definition) is 4. The molecule has 0 bridgehead atoms. The number of aromatic nitrogens is 2. The number of rotatable bonds is 7. The summed E-state index contributed by atoms with van der Waals surface area (Å²) in [5, 5.41) is 5.02. The lowest BCUT2D eigenvalue weighted by Gasteiger charge is -2.13. The van der Waals surface area contributed by atoms with Crippen molar-refractivity contribution in [1.82, 2.24) is 20.2 Å². The fourth-order valence-electron chi connectivity index (χ4n) is 2.75. The Bertz CT molecular complexity index is 880. The smallest absolute Gasteiger partial charge is 0.329 e. The highest BCUT2D eigenvalue weighted by atomic mass is 19.2. The summed E-state index contributed by atoms with van der Waals surface area (Å²) < 4.78 is 41.6. The minimum absolute atomic E-state index is 0.00411. The predicted octanol–water partition coefficient (Wildman–Crippen LogP) is 1.32. The molecule has 1 aliphatic heterocycles. The molecule has 1 aliphatic rings. The molecular formula is C17H16F3N5O3. The first-order valence-electron chi connectivity index (χ1n) is 8.38. The van der Waals surface area contributed by atoms with E-state index >= 15 is 0 Å². The van der Waals surface area contributed by atoms with Gasteiger partial charge in [-0.05, 0) is 6.42 Å². The molecule has 2 N–H and O–H groups in total. The zero-order valence-corrected chi connectivity index (χ0v) is 14.5. The third kappa shape index (κ3) is 4.13. The van der Waals surface area contributed by atoms with Crippen molar-refractivity contribution in [1.29, 1.82) is 0 Å². The fraction of sp³-hybridized carbons (Fsp3) is 0.294. The summed E-state index contributed by atoms with van der Waals surface area (Å²) in [6.45, 7) is 0.890. The lowest BCUT2D eigenvalue weighted by atomic mass is 10.1. The number of imide groups is 1. The number of benzene rings is 1. The summed E-state index contributed by atoms with van der Waals surface area (Å²) in [6, 6.07) is -0.814. The lowest BCUT2D eigenvalue weighted by molar-refractivity contribution is -0.121. The molecule has 2 heterocycles. The van der Waals surface area contributed by atoms with Crippen LogP contribution in [0.1, 0.15) is 12.8 Å². The topological polar surface area (TPSA) is 96.3 Å². The van der Waals surface area contributed by atoms with Crippen LogP contribution in [0.15, 0.2) is 30.9 Å². The maximum absolute atomic E-state index is 13.4. The third-order valence-electron chi connectivity index (χ3n) is 4.16. The standard InChI is InChI=1S/C17H16F3N5O3/c18-11-7-10(8-12(19)15(11)20)25-16(27)13(23-17(25)28)1-2-14(26)22-4-6-24-5-3-21-9-24/h3,5,7-9,13H,1-2,4,6H2,(H,22,26)(H,23,28)/t13-/m1/s1. The molecule has 0 unspecified atom stereocenters. The van der Waals surface area contributed by atoms with E-state index in [0.29, 0.717) is 30.1 Å². The van der Waals surface area contributed by atoms with E-state index in [1.54, 1.807) is 23.3 Å². The van der Waals surface area contributed by atoms with E-state index in [1.165, 1.54) is 0 Å². The van der Waals surface area contributed by atoms with Crippen molar-refractivity contribution in [2.24, 2.45) is 0 Å². The molecule has 148 valence electrons. The molecule has 11 heteroatoms. The van der Waals surface area contributed by atoms with E-state index in [-0.39, 0.29) is 18.7 Å². The number of anilines is 1. The second-order valence-corrected chi connectivity index (χ2v) is 6.09. The normalized spacial score (nSPS) is 16.4. The number of hydrogen-bond donors (Lipinski definition) is 2. The van der Waals surface area contributed by atoms with Crippen LogP contribution in [0.5, 0.6) is 0 Å². The van der Waals surface area contributed by atoms with Crippen molar-refractivity contribution >= 4 is 23.5 Å². The summed E-state index contributed by atoms with van der Waals surface area (Å²) in [5.41, 5.74) is -0.425. The summed E-state index contributed by atoms with van der Waals surface area (Å²) in [7, 11) is 0. The van der Waals surface area contributed by atoms with E-state index in [9.17, 15) is 27.6 Å². The first kappa shape index (κ1) is 19.4. The Morgan fingerprint density at radius 1 is 1.21 bits per heavy atom. The molecule has 0 aliphatic carbocycles. The quantitative estimate of drug-likeness (QED) is 0.546. The number of carbonyl (C=O) groups is 3. The van der Waals surface area contributed by atoms with Crippen LogP contribution >= 0.6 is 0 Å². The number of nitrogens with zero attached hydrogens (tertiary/aromatic N) is 3. The van der Waals surface area contributed by atoms with Crippen LogP contribution in [0.3, 0.4) is 0 Å². The monoisotopic (exact) mass is 395 g/mol. The molecule has 1 saturated heterocycles. The van der Waals surface area contributed by atoms with Gasteiger partial charge in [0.15, 0.2) is 17.5 Å². The van der Waals surface area contributed by atoms with Gasteiger partial charge in [-0.2, -0.15) is 0 Å². The Labute approximate surface area is 157 Å². The van der Waals surface area contributed by atoms with Gasteiger partial charge in [0.05, 0.1) is 12.0 Å². The predicted molar refractivity (Wildman–Crippen MR) is 90.6 cm³/mol. The zero-order valence-electron chi connectivity index (χ0n) is 14.5. The molecule has 0 spiro atoms. The van der Waals surface area contributed by atoms with Gasteiger partial charge in [0.2, 0.25) is 5.91 Å². The lowest BCUT2D eigenvalue weighted by Crippen LogP contribution is -2.33. The fourth-order valence-corrected chi connectivity index (χ4v) is 2.75. The molecule has 1 atom stereocenters. The summed E-state index contributed by atoms with van der Waals surface area (Å²) in [6.07, 6.45) is 4.93. The van der Waals surface area contributed by atoms with Gasteiger partial charge in [0.1, 0.15) is 6.04 Å². The Balaban J connectivity index is 1.54. The number of amides is 4. The number of halogens is 3. The van der Waals surface area contributed by atoms with Crippen LogP contribution in [-0.4, -0.2) is 40.0 Å². The van der Waals surface area contributed by atoms with Crippen LogP contribution < -0.4 is 15.5 Å². The highest BCUT2D eigenvalue weighted by Gasteiger charge is 2.39. The van der Waals surface area contributed by atoms with Gasteiger partial charge in [-0.15, -0.1) is 0 Å².